The van der Waals surface area contributed by atoms with Crippen molar-refractivity contribution in [2.45, 2.75) is 33.9 Å². The van der Waals surface area contributed by atoms with Crippen LogP contribution in [0.3, 0.4) is 0 Å². The molecule has 2 rings (SSSR count). The highest BCUT2D eigenvalue weighted by atomic mass is 15.3. The van der Waals surface area contributed by atoms with Crippen molar-refractivity contribution < 1.29 is 0 Å². The van der Waals surface area contributed by atoms with Crippen LogP contribution >= 0.6 is 0 Å². The van der Waals surface area contributed by atoms with Crippen molar-refractivity contribution >= 4 is 5.96 Å². The van der Waals surface area contributed by atoms with E-state index in [0.717, 1.165) is 24.7 Å². The highest BCUT2D eigenvalue weighted by Crippen LogP contribution is 2.15. The molecule has 1 heterocycles. The molecule has 0 aliphatic heterocycles. The van der Waals surface area contributed by atoms with E-state index in [-0.39, 0.29) is 0 Å². The van der Waals surface area contributed by atoms with Gasteiger partial charge < -0.3 is 10.6 Å². The Morgan fingerprint density at radius 3 is 2.67 bits per heavy atom. The maximum atomic E-state index is 4.68. The molecule has 1 aromatic heterocycles. The number of rotatable bonds is 7. The van der Waals surface area contributed by atoms with Crippen LogP contribution in [-0.2, 0) is 13.1 Å². The molecule has 0 fully saturated rings. The highest BCUT2D eigenvalue weighted by Gasteiger charge is 2.11. The fourth-order valence-corrected chi connectivity index (χ4v) is 2.54. The number of nitrogens with zero attached hydrogens (tertiary/aromatic N) is 3. The number of hydrogen-bond acceptors (Lipinski definition) is 2. The van der Waals surface area contributed by atoms with Gasteiger partial charge in [0.2, 0.25) is 0 Å². The molecule has 0 saturated carbocycles. The average Bonchev–Trinajstić information content (AvgIpc) is 2.85. The lowest BCUT2D eigenvalue weighted by Crippen LogP contribution is -2.37. The summed E-state index contributed by atoms with van der Waals surface area (Å²) < 4.78 is 2.06. The zero-order chi connectivity index (χ0) is 17.4. The third kappa shape index (κ3) is 4.72. The summed E-state index contributed by atoms with van der Waals surface area (Å²) in [5.74, 6) is 0.798. The van der Waals surface area contributed by atoms with E-state index in [1.807, 2.05) is 19.1 Å². The molecule has 0 bridgehead atoms. The third-order valence-corrected chi connectivity index (χ3v) is 3.86. The zero-order valence-corrected chi connectivity index (χ0v) is 14.8. The van der Waals surface area contributed by atoms with E-state index in [0.29, 0.717) is 13.1 Å². The van der Waals surface area contributed by atoms with Gasteiger partial charge in [-0.2, -0.15) is 5.10 Å². The van der Waals surface area contributed by atoms with Gasteiger partial charge in [-0.25, -0.2) is 4.99 Å². The summed E-state index contributed by atoms with van der Waals surface area (Å²) in [6.45, 7) is 12.8. The number of guanidine groups is 1. The minimum atomic E-state index is 0.610. The molecular weight excluding hydrogens is 298 g/mol. The van der Waals surface area contributed by atoms with E-state index >= 15 is 0 Å². The van der Waals surface area contributed by atoms with Crippen molar-refractivity contribution in [1.82, 2.24) is 20.4 Å². The monoisotopic (exact) mass is 325 g/mol. The molecule has 0 saturated heterocycles. The standard InChI is InChI=1S/C19H27N5/c1-5-12-21-19(20-6-2)22-13-18-15(3)23-24(16(18)4)14-17-10-8-7-9-11-17/h5,7-11H,1,6,12-14H2,2-4H3,(H2,20,21,22). The van der Waals surface area contributed by atoms with E-state index in [9.17, 15) is 0 Å². The molecule has 5 nitrogen and oxygen atoms in total. The molecule has 128 valence electrons. The van der Waals surface area contributed by atoms with Gasteiger partial charge in [0.05, 0.1) is 18.8 Å². The van der Waals surface area contributed by atoms with Crippen LogP contribution in [0.1, 0.15) is 29.4 Å². The molecule has 0 radical (unpaired) electrons. The Morgan fingerprint density at radius 2 is 2.00 bits per heavy atom. The van der Waals surface area contributed by atoms with Crippen molar-refractivity contribution in [3.8, 4) is 0 Å². The van der Waals surface area contributed by atoms with Crippen LogP contribution in [0, 0.1) is 13.8 Å². The Hall–Kier alpha value is -2.56. The van der Waals surface area contributed by atoms with Gasteiger partial charge in [0, 0.05) is 24.3 Å². The molecule has 2 N–H and O–H groups in total. The summed E-state index contributed by atoms with van der Waals surface area (Å²) >= 11 is 0. The molecule has 0 unspecified atom stereocenters. The quantitative estimate of drug-likeness (QED) is 0.467. The lowest BCUT2D eigenvalue weighted by atomic mass is 10.2. The van der Waals surface area contributed by atoms with Gasteiger partial charge in [-0.15, -0.1) is 6.58 Å². The van der Waals surface area contributed by atoms with Gasteiger partial charge in [0.1, 0.15) is 0 Å². The van der Waals surface area contributed by atoms with Gasteiger partial charge in [-0.05, 0) is 26.3 Å². The predicted molar refractivity (Wildman–Crippen MR) is 100 cm³/mol. The number of aliphatic imine (C=N–C) groups is 1. The molecule has 0 atom stereocenters. The maximum absolute atomic E-state index is 4.68. The summed E-state index contributed by atoms with van der Waals surface area (Å²) in [6, 6.07) is 10.4. The number of hydrogen-bond donors (Lipinski definition) is 2. The fraction of sp³-hybridized carbons (Fsp3) is 0.368. The predicted octanol–water partition coefficient (Wildman–Crippen LogP) is 2.79. The lowest BCUT2D eigenvalue weighted by molar-refractivity contribution is 0.658. The maximum Gasteiger partial charge on any atom is 0.191 e. The van der Waals surface area contributed by atoms with E-state index < -0.39 is 0 Å². The topological polar surface area (TPSA) is 54.2 Å². The van der Waals surface area contributed by atoms with Crippen molar-refractivity contribution in [2.75, 3.05) is 13.1 Å². The fourth-order valence-electron chi connectivity index (χ4n) is 2.54. The second-order valence-electron chi connectivity index (χ2n) is 5.66. The molecule has 2 aromatic rings. The Morgan fingerprint density at radius 1 is 1.25 bits per heavy atom. The SMILES string of the molecule is C=CCNC(=NCc1c(C)nn(Cc2ccccc2)c1C)NCC. The third-order valence-electron chi connectivity index (χ3n) is 3.86. The number of nitrogens with one attached hydrogen (secondary N) is 2. The highest BCUT2D eigenvalue weighted by molar-refractivity contribution is 5.79. The van der Waals surface area contributed by atoms with Crippen molar-refractivity contribution in [3.05, 3.63) is 65.5 Å². The average molecular weight is 325 g/mol. The van der Waals surface area contributed by atoms with E-state index in [1.54, 1.807) is 0 Å². The normalized spacial score (nSPS) is 11.4. The Bertz CT molecular complexity index is 685. The van der Waals surface area contributed by atoms with Crippen molar-refractivity contribution in [2.24, 2.45) is 4.99 Å². The summed E-state index contributed by atoms with van der Waals surface area (Å²) in [4.78, 5) is 4.66. The van der Waals surface area contributed by atoms with Crippen molar-refractivity contribution in [3.63, 3.8) is 0 Å². The molecule has 0 aliphatic carbocycles. The van der Waals surface area contributed by atoms with Gasteiger partial charge in [-0.3, -0.25) is 4.68 Å². The van der Waals surface area contributed by atoms with E-state index in [2.05, 4.69) is 70.1 Å². The van der Waals surface area contributed by atoms with E-state index in [4.69, 9.17) is 0 Å². The first-order chi connectivity index (χ1) is 11.7. The second-order valence-corrected chi connectivity index (χ2v) is 5.66. The molecule has 1 aromatic carbocycles. The van der Waals surface area contributed by atoms with Gasteiger partial charge in [0.15, 0.2) is 5.96 Å². The van der Waals surface area contributed by atoms with Crippen LogP contribution in [0.2, 0.25) is 0 Å². The largest absolute Gasteiger partial charge is 0.357 e. The number of aryl methyl sites for hydroxylation is 1. The Balaban J connectivity index is 2.14. The zero-order valence-electron chi connectivity index (χ0n) is 14.8. The van der Waals surface area contributed by atoms with Crippen LogP contribution < -0.4 is 10.6 Å². The van der Waals surface area contributed by atoms with Crippen LogP contribution in [0.4, 0.5) is 0 Å². The second kappa shape index (κ2) is 8.91. The molecule has 5 heteroatoms. The Labute approximate surface area is 144 Å². The molecule has 0 aliphatic rings. The first-order valence-corrected chi connectivity index (χ1v) is 8.35. The van der Waals surface area contributed by atoms with Gasteiger partial charge in [-0.1, -0.05) is 36.4 Å². The van der Waals surface area contributed by atoms with E-state index in [1.165, 1.54) is 16.8 Å². The van der Waals surface area contributed by atoms with Gasteiger partial charge >= 0.3 is 0 Å². The first-order valence-electron chi connectivity index (χ1n) is 8.35. The lowest BCUT2D eigenvalue weighted by Gasteiger charge is -2.09. The van der Waals surface area contributed by atoms with Crippen molar-refractivity contribution in [1.29, 1.82) is 0 Å². The molecule has 24 heavy (non-hydrogen) atoms. The summed E-state index contributed by atoms with van der Waals surface area (Å²) in [7, 11) is 0. The van der Waals surface area contributed by atoms with Crippen LogP contribution in [0.25, 0.3) is 0 Å². The smallest absolute Gasteiger partial charge is 0.191 e. The molecule has 0 amide bonds. The van der Waals surface area contributed by atoms with Crippen LogP contribution in [0.15, 0.2) is 48.0 Å². The minimum absolute atomic E-state index is 0.610. The molecule has 0 spiro atoms. The van der Waals surface area contributed by atoms with Gasteiger partial charge in [0.25, 0.3) is 0 Å². The summed E-state index contributed by atoms with van der Waals surface area (Å²) in [5.41, 5.74) is 4.63. The Kier molecular flexibility index (Phi) is 6.61. The molecular formula is C19H27N5. The van der Waals surface area contributed by atoms with Crippen LogP contribution in [0.5, 0.6) is 0 Å². The summed E-state index contributed by atoms with van der Waals surface area (Å²) in [6.07, 6.45) is 1.82. The minimum Gasteiger partial charge on any atom is -0.357 e. The number of benzene rings is 1. The number of aromatic nitrogens is 2. The van der Waals surface area contributed by atoms with Crippen LogP contribution in [-0.4, -0.2) is 28.8 Å². The first kappa shape index (κ1) is 17.8. The summed E-state index contributed by atoms with van der Waals surface area (Å²) in [5, 5.41) is 11.1.